The summed E-state index contributed by atoms with van der Waals surface area (Å²) in [6.07, 6.45) is 2.96. The lowest BCUT2D eigenvalue weighted by Crippen LogP contribution is -2.41. The topological polar surface area (TPSA) is 95.6 Å². The number of esters is 1. The number of hydrogen-bond donors (Lipinski definition) is 0. The predicted molar refractivity (Wildman–Crippen MR) is 138 cm³/mol. The molecule has 2 fully saturated rings. The average molecular weight is 503 g/mol. The zero-order valence-corrected chi connectivity index (χ0v) is 21.8. The zero-order valence-electron chi connectivity index (χ0n) is 20.2. The Balaban J connectivity index is 2.11. The predicted octanol–water partition coefficient (Wildman–Crippen LogP) is 3.44. The summed E-state index contributed by atoms with van der Waals surface area (Å²) in [7, 11) is 0. The minimum Gasteiger partial charge on any atom is -0.466 e. The minimum absolute atomic E-state index is 0.0672. The molecule has 10 heteroatoms. The lowest BCUT2D eigenvalue weighted by Gasteiger charge is -2.35. The first kappa shape index (κ1) is 26.0. The van der Waals surface area contributed by atoms with E-state index >= 15 is 0 Å². The Hall–Kier alpha value is -2.64. The van der Waals surface area contributed by atoms with Gasteiger partial charge in [-0.2, -0.15) is 5.26 Å². The summed E-state index contributed by atoms with van der Waals surface area (Å²) in [5.41, 5.74) is 0.917. The summed E-state index contributed by atoms with van der Waals surface area (Å²) in [5.74, 6) is 0.122. The van der Waals surface area contributed by atoms with E-state index in [1.165, 1.54) is 11.8 Å². The molecule has 3 rings (SSSR count). The van der Waals surface area contributed by atoms with Gasteiger partial charge in [0.1, 0.15) is 21.8 Å². The second-order valence-corrected chi connectivity index (χ2v) is 10.2. The second-order valence-electron chi connectivity index (χ2n) is 8.56. The Morgan fingerprint density at radius 1 is 1.29 bits per heavy atom. The number of amides is 1. The van der Waals surface area contributed by atoms with Crippen LogP contribution in [0.2, 0.25) is 0 Å². The molecule has 0 aromatic carbocycles. The van der Waals surface area contributed by atoms with E-state index in [-0.39, 0.29) is 35.0 Å². The summed E-state index contributed by atoms with van der Waals surface area (Å²) >= 11 is 6.65. The third-order valence-corrected chi connectivity index (χ3v) is 7.52. The number of carbonyl (C=O) groups excluding carboxylic acids is 2. The highest BCUT2D eigenvalue weighted by Gasteiger charge is 2.35. The summed E-state index contributed by atoms with van der Waals surface area (Å²) in [6.45, 7) is 11.0. The standard InChI is InChI=1S/C24H30N4O4S2/c1-6-27-20(26-10-8-16(9-11-26)23(31)32-7-2)17(15(5)18(13-25)21(27)29)12-19-22(30)28(14(3)4)24(33)34-19/h12,14,16H,6-11H2,1-5H3/b19-12+. The molecule has 0 atom stereocenters. The quantitative estimate of drug-likeness (QED) is 0.332. The van der Waals surface area contributed by atoms with Crippen LogP contribution in [-0.4, -0.2) is 51.4 Å². The summed E-state index contributed by atoms with van der Waals surface area (Å²) in [6, 6.07) is 1.98. The summed E-state index contributed by atoms with van der Waals surface area (Å²) in [4.78, 5) is 42.5. The fourth-order valence-electron chi connectivity index (χ4n) is 4.42. The number of thioether (sulfide) groups is 1. The molecule has 0 N–H and O–H groups in total. The van der Waals surface area contributed by atoms with Crippen LogP contribution in [0.1, 0.15) is 57.2 Å². The number of anilines is 1. The highest BCUT2D eigenvalue weighted by atomic mass is 32.2. The number of pyridine rings is 1. The summed E-state index contributed by atoms with van der Waals surface area (Å²) < 4.78 is 7.26. The molecule has 2 aliphatic rings. The lowest BCUT2D eigenvalue weighted by atomic mass is 9.95. The van der Waals surface area contributed by atoms with Crippen LogP contribution in [0.3, 0.4) is 0 Å². The van der Waals surface area contributed by atoms with E-state index in [0.29, 0.717) is 65.3 Å². The van der Waals surface area contributed by atoms with E-state index in [1.54, 1.807) is 29.4 Å². The number of hydrogen-bond acceptors (Lipinski definition) is 8. The van der Waals surface area contributed by atoms with Gasteiger partial charge < -0.3 is 9.64 Å². The van der Waals surface area contributed by atoms with Gasteiger partial charge in [-0.15, -0.1) is 0 Å². The van der Waals surface area contributed by atoms with Gasteiger partial charge in [0.25, 0.3) is 11.5 Å². The number of nitriles is 1. The van der Waals surface area contributed by atoms with Crippen molar-refractivity contribution in [2.75, 3.05) is 24.6 Å². The third-order valence-electron chi connectivity index (χ3n) is 6.19. The molecular formula is C24H30N4O4S2. The molecular weight excluding hydrogens is 472 g/mol. The Morgan fingerprint density at radius 3 is 2.44 bits per heavy atom. The molecule has 3 heterocycles. The van der Waals surface area contributed by atoms with E-state index in [1.807, 2.05) is 26.8 Å². The molecule has 0 spiro atoms. The second kappa shape index (κ2) is 10.7. The van der Waals surface area contributed by atoms with Crippen molar-refractivity contribution in [3.05, 3.63) is 31.9 Å². The molecule has 0 bridgehead atoms. The monoisotopic (exact) mass is 502 g/mol. The number of ether oxygens (including phenoxy) is 1. The normalized spacial score (nSPS) is 18.2. The first-order valence-corrected chi connectivity index (χ1v) is 12.7. The van der Waals surface area contributed by atoms with E-state index < -0.39 is 0 Å². The molecule has 0 aliphatic carbocycles. The molecule has 0 unspecified atom stereocenters. The SMILES string of the molecule is CCOC(=O)C1CCN(c2c(/C=C3/SC(=S)N(C(C)C)C3=O)c(C)c(C#N)c(=O)n2CC)CC1. The molecule has 182 valence electrons. The van der Waals surface area contributed by atoms with Crippen molar-refractivity contribution in [1.82, 2.24) is 9.47 Å². The van der Waals surface area contributed by atoms with Gasteiger partial charge >= 0.3 is 5.97 Å². The van der Waals surface area contributed by atoms with Gasteiger partial charge in [0.15, 0.2) is 0 Å². The van der Waals surface area contributed by atoms with Gasteiger partial charge in [-0.25, -0.2) is 0 Å². The van der Waals surface area contributed by atoms with Gasteiger partial charge in [-0.05, 0) is 59.1 Å². The van der Waals surface area contributed by atoms with Crippen molar-refractivity contribution in [3.63, 3.8) is 0 Å². The molecule has 8 nitrogen and oxygen atoms in total. The maximum atomic E-state index is 13.1. The molecule has 2 saturated heterocycles. The van der Waals surface area contributed by atoms with Crippen molar-refractivity contribution < 1.29 is 14.3 Å². The molecule has 1 amide bonds. The number of aromatic nitrogens is 1. The molecule has 1 aromatic heterocycles. The van der Waals surface area contributed by atoms with Gasteiger partial charge in [-0.3, -0.25) is 23.9 Å². The number of rotatable bonds is 6. The smallest absolute Gasteiger partial charge is 0.309 e. The van der Waals surface area contributed by atoms with Crippen LogP contribution in [-0.2, 0) is 20.9 Å². The fourth-order valence-corrected chi connectivity index (χ4v) is 5.93. The minimum atomic E-state index is -0.350. The Morgan fingerprint density at radius 2 is 1.94 bits per heavy atom. The highest BCUT2D eigenvalue weighted by Crippen LogP contribution is 2.37. The molecule has 1 aromatic rings. The largest absolute Gasteiger partial charge is 0.466 e. The lowest BCUT2D eigenvalue weighted by molar-refractivity contribution is -0.148. The van der Waals surface area contributed by atoms with Crippen LogP contribution in [0.25, 0.3) is 6.08 Å². The summed E-state index contributed by atoms with van der Waals surface area (Å²) in [5, 5.41) is 9.71. The van der Waals surface area contributed by atoms with Crippen LogP contribution < -0.4 is 10.5 Å². The Labute approximate surface area is 209 Å². The van der Waals surface area contributed by atoms with Gasteiger partial charge in [0, 0.05) is 31.2 Å². The van der Waals surface area contributed by atoms with Crippen molar-refractivity contribution in [2.45, 2.75) is 60.0 Å². The van der Waals surface area contributed by atoms with E-state index in [2.05, 4.69) is 4.90 Å². The van der Waals surface area contributed by atoms with Crippen molar-refractivity contribution in [1.29, 1.82) is 5.26 Å². The highest BCUT2D eigenvalue weighted by molar-refractivity contribution is 8.26. The van der Waals surface area contributed by atoms with E-state index in [9.17, 15) is 19.6 Å². The first-order chi connectivity index (χ1) is 16.2. The maximum absolute atomic E-state index is 13.1. The number of carbonyl (C=O) groups is 2. The van der Waals surface area contributed by atoms with Crippen LogP contribution >= 0.6 is 24.0 Å². The van der Waals surface area contributed by atoms with Crippen molar-refractivity contribution in [2.24, 2.45) is 5.92 Å². The van der Waals surface area contributed by atoms with E-state index in [0.717, 1.165) is 0 Å². The van der Waals surface area contributed by atoms with E-state index in [4.69, 9.17) is 17.0 Å². The molecule has 0 saturated carbocycles. The third kappa shape index (κ3) is 4.77. The maximum Gasteiger partial charge on any atom is 0.309 e. The average Bonchev–Trinajstić information content (AvgIpc) is 3.08. The van der Waals surface area contributed by atoms with Gasteiger partial charge in [0.2, 0.25) is 0 Å². The molecule has 34 heavy (non-hydrogen) atoms. The number of thiocarbonyl (C=S) groups is 1. The van der Waals surface area contributed by atoms with Crippen LogP contribution in [0.5, 0.6) is 0 Å². The first-order valence-electron chi connectivity index (χ1n) is 11.5. The Bertz CT molecular complexity index is 1140. The number of nitrogens with zero attached hydrogens (tertiary/aromatic N) is 4. The zero-order chi connectivity index (χ0) is 25.2. The van der Waals surface area contributed by atoms with Gasteiger partial charge in [0.05, 0.1) is 17.4 Å². The fraction of sp³-hybridized carbons (Fsp3) is 0.542. The molecule has 0 radical (unpaired) electrons. The van der Waals surface area contributed by atoms with Crippen LogP contribution in [0.4, 0.5) is 5.82 Å². The number of piperidine rings is 1. The van der Waals surface area contributed by atoms with Crippen LogP contribution in [0.15, 0.2) is 9.70 Å². The van der Waals surface area contributed by atoms with Crippen LogP contribution in [0, 0.1) is 24.2 Å². The van der Waals surface area contributed by atoms with Gasteiger partial charge in [-0.1, -0.05) is 24.0 Å². The van der Waals surface area contributed by atoms with Crippen molar-refractivity contribution >= 4 is 52.1 Å². The Kier molecular flexibility index (Phi) is 8.21. The van der Waals surface area contributed by atoms with Crippen molar-refractivity contribution in [3.8, 4) is 6.07 Å². The molecule has 2 aliphatic heterocycles.